The van der Waals surface area contributed by atoms with Crippen LogP contribution in [0, 0.1) is 11.3 Å². The van der Waals surface area contributed by atoms with Gasteiger partial charge in [-0.2, -0.15) is 5.26 Å². The smallest absolute Gasteiger partial charge is 0.183 e. The molecule has 84 valence electrons. The Bertz CT molecular complexity index is 543. The molecule has 0 spiro atoms. The second-order valence-electron chi connectivity index (χ2n) is 3.17. The Morgan fingerprint density at radius 3 is 2.65 bits per heavy atom. The Hall–Kier alpha value is -2.68. The third kappa shape index (κ3) is 2.46. The molecule has 17 heavy (non-hydrogen) atoms. The lowest BCUT2D eigenvalue weighted by molar-refractivity contribution is 1.16. The fourth-order valence-electron chi connectivity index (χ4n) is 1.26. The number of rotatable bonds is 3. The van der Waals surface area contributed by atoms with Crippen molar-refractivity contribution in [1.29, 1.82) is 5.26 Å². The standard InChI is InChI=1S/C11H10N6/c1-13-10-3-2-8(7-16-10)17-11-9(6-12)14-4-5-15-11/h2-5,7H,1H3,(H,13,16)(H,15,17). The van der Waals surface area contributed by atoms with Crippen molar-refractivity contribution in [2.45, 2.75) is 0 Å². The molecule has 6 heteroatoms. The van der Waals surface area contributed by atoms with Crippen LogP contribution in [-0.2, 0) is 0 Å². The Balaban J connectivity index is 2.23. The molecule has 0 bridgehead atoms. The lowest BCUT2D eigenvalue weighted by Gasteiger charge is -2.06. The predicted molar refractivity (Wildman–Crippen MR) is 63.8 cm³/mol. The van der Waals surface area contributed by atoms with Crippen molar-refractivity contribution < 1.29 is 0 Å². The molecular formula is C11H10N6. The fraction of sp³-hybridized carbons (Fsp3) is 0.0909. The van der Waals surface area contributed by atoms with Gasteiger partial charge in [0.2, 0.25) is 0 Å². The number of nitrogens with zero attached hydrogens (tertiary/aromatic N) is 4. The minimum Gasteiger partial charge on any atom is -0.373 e. The molecule has 2 aromatic rings. The first-order valence-corrected chi connectivity index (χ1v) is 4.95. The zero-order valence-electron chi connectivity index (χ0n) is 9.18. The quantitative estimate of drug-likeness (QED) is 0.825. The van der Waals surface area contributed by atoms with Crippen molar-refractivity contribution in [3.8, 4) is 6.07 Å². The fourth-order valence-corrected chi connectivity index (χ4v) is 1.26. The van der Waals surface area contributed by atoms with Gasteiger partial charge in [-0.25, -0.2) is 15.0 Å². The average molecular weight is 226 g/mol. The van der Waals surface area contributed by atoms with Gasteiger partial charge in [-0.15, -0.1) is 0 Å². The van der Waals surface area contributed by atoms with E-state index >= 15 is 0 Å². The Kier molecular flexibility index (Phi) is 3.12. The van der Waals surface area contributed by atoms with Crippen LogP contribution in [0.1, 0.15) is 5.69 Å². The molecule has 2 N–H and O–H groups in total. The highest BCUT2D eigenvalue weighted by Crippen LogP contribution is 2.16. The van der Waals surface area contributed by atoms with Gasteiger partial charge >= 0.3 is 0 Å². The summed E-state index contributed by atoms with van der Waals surface area (Å²) in [5, 5.41) is 14.8. The van der Waals surface area contributed by atoms with E-state index in [-0.39, 0.29) is 5.69 Å². The van der Waals surface area contributed by atoms with Crippen molar-refractivity contribution in [3.05, 3.63) is 36.4 Å². The lowest BCUT2D eigenvalue weighted by atomic mass is 10.3. The molecule has 0 fully saturated rings. The predicted octanol–water partition coefficient (Wildman–Crippen LogP) is 1.53. The van der Waals surface area contributed by atoms with E-state index in [0.717, 1.165) is 11.5 Å². The van der Waals surface area contributed by atoms with E-state index in [1.807, 2.05) is 18.2 Å². The number of hydrogen-bond donors (Lipinski definition) is 2. The normalized spacial score (nSPS) is 9.41. The maximum atomic E-state index is 8.86. The summed E-state index contributed by atoms with van der Waals surface area (Å²) >= 11 is 0. The molecule has 0 aliphatic carbocycles. The Morgan fingerprint density at radius 1 is 1.18 bits per heavy atom. The van der Waals surface area contributed by atoms with Crippen LogP contribution < -0.4 is 10.6 Å². The van der Waals surface area contributed by atoms with Crippen LogP contribution in [0.3, 0.4) is 0 Å². The van der Waals surface area contributed by atoms with Crippen LogP contribution in [0.25, 0.3) is 0 Å². The maximum absolute atomic E-state index is 8.86. The first-order chi connectivity index (χ1) is 8.33. The maximum Gasteiger partial charge on any atom is 0.183 e. The van der Waals surface area contributed by atoms with E-state index in [0.29, 0.717) is 5.82 Å². The monoisotopic (exact) mass is 226 g/mol. The molecule has 0 saturated carbocycles. The highest BCUT2D eigenvalue weighted by Gasteiger charge is 2.04. The van der Waals surface area contributed by atoms with E-state index in [9.17, 15) is 0 Å². The van der Waals surface area contributed by atoms with E-state index in [4.69, 9.17) is 5.26 Å². The largest absolute Gasteiger partial charge is 0.373 e. The van der Waals surface area contributed by atoms with E-state index < -0.39 is 0 Å². The SMILES string of the molecule is CNc1ccc(Nc2nccnc2C#N)cn1. The van der Waals surface area contributed by atoms with Crippen LogP contribution in [0.15, 0.2) is 30.7 Å². The van der Waals surface area contributed by atoms with E-state index in [1.54, 1.807) is 13.2 Å². The molecule has 6 nitrogen and oxygen atoms in total. The van der Waals surface area contributed by atoms with Gasteiger partial charge in [0.15, 0.2) is 11.5 Å². The van der Waals surface area contributed by atoms with Gasteiger partial charge < -0.3 is 10.6 Å². The second-order valence-corrected chi connectivity index (χ2v) is 3.17. The topological polar surface area (TPSA) is 86.5 Å². The summed E-state index contributed by atoms with van der Waals surface area (Å²) in [5.74, 6) is 1.20. The van der Waals surface area contributed by atoms with Gasteiger partial charge in [0, 0.05) is 19.4 Å². The van der Waals surface area contributed by atoms with Crippen molar-refractivity contribution in [3.63, 3.8) is 0 Å². The van der Waals surface area contributed by atoms with Crippen LogP contribution in [0.4, 0.5) is 17.3 Å². The third-order valence-corrected chi connectivity index (χ3v) is 2.09. The Morgan fingerprint density at radius 2 is 2.00 bits per heavy atom. The summed E-state index contributed by atoms with van der Waals surface area (Å²) in [5.41, 5.74) is 1.01. The summed E-state index contributed by atoms with van der Waals surface area (Å²) in [6.45, 7) is 0. The highest BCUT2D eigenvalue weighted by atomic mass is 15.0. The molecule has 2 aromatic heterocycles. The van der Waals surface area contributed by atoms with Gasteiger partial charge in [-0.3, -0.25) is 0 Å². The minimum absolute atomic E-state index is 0.255. The summed E-state index contributed by atoms with van der Waals surface area (Å²) < 4.78 is 0. The van der Waals surface area contributed by atoms with Crippen molar-refractivity contribution in [1.82, 2.24) is 15.0 Å². The molecule has 0 saturated heterocycles. The van der Waals surface area contributed by atoms with Crippen molar-refractivity contribution >= 4 is 17.3 Å². The molecule has 0 amide bonds. The summed E-state index contributed by atoms with van der Waals surface area (Å²) in [6.07, 6.45) is 4.66. The van der Waals surface area contributed by atoms with Gasteiger partial charge in [0.05, 0.1) is 11.9 Å². The number of hydrogen-bond acceptors (Lipinski definition) is 6. The molecule has 0 aliphatic heterocycles. The molecule has 0 aromatic carbocycles. The van der Waals surface area contributed by atoms with Gasteiger partial charge in [-0.05, 0) is 12.1 Å². The van der Waals surface area contributed by atoms with Crippen LogP contribution in [-0.4, -0.2) is 22.0 Å². The molecule has 0 radical (unpaired) electrons. The molecule has 0 atom stereocenters. The number of nitriles is 1. The zero-order valence-corrected chi connectivity index (χ0v) is 9.18. The van der Waals surface area contributed by atoms with Crippen molar-refractivity contribution in [2.24, 2.45) is 0 Å². The number of anilines is 3. The van der Waals surface area contributed by atoms with E-state index in [2.05, 4.69) is 25.6 Å². The third-order valence-electron chi connectivity index (χ3n) is 2.09. The second kappa shape index (κ2) is 4.90. The molecule has 2 rings (SSSR count). The summed E-state index contributed by atoms with van der Waals surface area (Å²) in [4.78, 5) is 12.1. The van der Waals surface area contributed by atoms with Gasteiger partial charge in [0.1, 0.15) is 11.9 Å². The minimum atomic E-state index is 0.255. The molecule has 0 unspecified atom stereocenters. The van der Waals surface area contributed by atoms with Crippen LogP contribution >= 0.6 is 0 Å². The van der Waals surface area contributed by atoms with Crippen LogP contribution in [0.5, 0.6) is 0 Å². The lowest BCUT2D eigenvalue weighted by Crippen LogP contribution is -1.99. The summed E-state index contributed by atoms with van der Waals surface area (Å²) in [7, 11) is 1.80. The first-order valence-electron chi connectivity index (χ1n) is 4.95. The molecular weight excluding hydrogens is 216 g/mol. The van der Waals surface area contributed by atoms with Crippen LogP contribution in [0.2, 0.25) is 0 Å². The Labute approximate surface area is 98.4 Å². The first kappa shape index (κ1) is 10.8. The van der Waals surface area contributed by atoms with Crippen molar-refractivity contribution in [2.75, 3.05) is 17.7 Å². The average Bonchev–Trinajstić information content (AvgIpc) is 2.40. The molecule has 0 aliphatic rings. The number of pyridine rings is 1. The summed E-state index contributed by atoms with van der Waals surface area (Å²) in [6, 6.07) is 5.64. The number of aromatic nitrogens is 3. The van der Waals surface area contributed by atoms with Gasteiger partial charge in [-0.1, -0.05) is 0 Å². The molecule has 2 heterocycles. The number of nitrogens with one attached hydrogen (secondary N) is 2. The van der Waals surface area contributed by atoms with Gasteiger partial charge in [0.25, 0.3) is 0 Å². The highest BCUT2D eigenvalue weighted by molar-refractivity contribution is 5.60. The van der Waals surface area contributed by atoms with E-state index in [1.165, 1.54) is 12.4 Å². The zero-order chi connectivity index (χ0) is 12.1.